The van der Waals surface area contributed by atoms with Crippen molar-refractivity contribution in [1.29, 1.82) is 0 Å². The van der Waals surface area contributed by atoms with Gasteiger partial charge in [0.25, 0.3) is 0 Å². The Labute approximate surface area is 128 Å². The SMILES string of the molecule is CC(C)c1ccccc1[C@@H]1CCCN1C1CC2(CNC2)C1. The van der Waals surface area contributed by atoms with E-state index >= 15 is 0 Å². The summed E-state index contributed by atoms with van der Waals surface area (Å²) in [6.45, 7) is 8.51. The molecule has 0 radical (unpaired) electrons. The average Bonchev–Trinajstić information content (AvgIpc) is 2.84. The minimum atomic E-state index is 0.632. The first kappa shape index (κ1) is 13.8. The second kappa shape index (κ2) is 5.10. The van der Waals surface area contributed by atoms with Crippen molar-refractivity contribution in [3.63, 3.8) is 0 Å². The number of nitrogens with one attached hydrogen (secondary N) is 1. The van der Waals surface area contributed by atoms with Crippen LogP contribution in [0.15, 0.2) is 24.3 Å². The number of rotatable bonds is 3. The molecule has 0 unspecified atom stereocenters. The molecule has 4 rings (SSSR count). The Hall–Kier alpha value is -0.860. The Morgan fingerprint density at radius 2 is 1.95 bits per heavy atom. The van der Waals surface area contributed by atoms with Crippen molar-refractivity contribution in [2.24, 2.45) is 5.41 Å². The highest BCUT2D eigenvalue weighted by Crippen LogP contribution is 2.50. The maximum Gasteiger partial charge on any atom is 0.0354 e. The molecule has 1 saturated carbocycles. The van der Waals surface area contributed by atoms with Gasteiger partial charge >= 0.3 is 0 Å². The Kier molecular flexibility index (Phi) is 3.35. The molecule has 1 spiro atoms. The molecule has 2 nitrogen and oxygen atoms in total. The quantitative estimate of drug-likeness (QED) is 0.910. The molecule has 21 heavy (non-hydrogen) atoms. The summed E-state index contributed by atoms with van der Waals surface area (Å²) in [5.74, 6) is 0.632. The van der Waals surface area contributed by atoms with E-state index in [1.807, 2.05) is 0 Å². The standard InChI is InChI=1S/C19H28N2/c1-14(2)16-6-3-4-7-17(16)18-8-5-9-21(18)15-10-19(11-15)12-20-13-19/h3-4,6-7,14-15,18,20H,5,8-13H2,1-2H3/t18-/m0/s1. The number of nitrogens with zero attached hydrogens (tertiary/aromatic N) is 1. The van der Waals surface area contributed by atoms with Crippen LogP contribution in [0.5, 0.6) is 0 Å². The first-order chi connectivity index (χ1) is 10.2. The van der Waals surface area contributed by atoms with Gasteiger partial charge in [0, 0.05) is 25.2 Å². The van der Waals surface area contributed by atoms with E-state index < -0.39 is 0 Å². The Bertz CT molecular complexity index is 510. The van der Waals surface area contributed by atoms with E-state index in [1.54, 1.807) is 11.1 Å². The van der Waals surface area contributed by atoms with Crippen molar-refractivity contribution in [3.05, 3.63) is 35.4 Å². The van der Waals surface area contributed by atoms with Gasteiger partial charge in [-0.15, -0.1) is 0 Å². The van der Waals surface area contributed by atoms with Gasteiger partial charge in [-0.05, 0) is 54.7 Å². The highest BCUT2D eigenvalue weighted by Gasteiger charge is 2.51. The van der Waals surface area contributed by atoms with E-state index in [9.17, 15) is 0 Å². The summed E-state index contributed by atoms with van der Waals surface area (Å²) >= 11 is 0. The molecule has 3 fully saturated rings. The van der Waals surface area contributed by atoms with Crippen molar-refractivity contribution in [1.82, 2.24) is 10.2 Å². The first-order valence-corrected chi connectivity index (χ1v) is 8.74. The van der Waals surface area contributed by atoms with Gasteiger partial charge in [-0.1, -0.05) is 38.1 Å². The fourth-order valence-electron chi connectivity index (χ4n) is 4.84. The van der Waals surface area contributed by atoms with Gasteiger partial charge in [0.1, 0.15) is 0 Å². The zero-order chi connectivity index (χ0) is 14.4. The zero-order valence-electron chi connectivity index (χ0n) is 13.4. The molecule has 2 saturated heterocycles. The Morgan fingerprint density at radius 1 is 1.19 bits per heavy atom. The molecule has 2 aliphatic heterocycles. The zero-order valence-corrected chi connectivity index (χ0v) is 13.4. The van der Waals surface area contributed by atoms with Crippen LogP contribution in [0, 0.1) is 5.41 Å². The lowest BCUT2D eigenvalue weighted by molar-refractivity contribution is -0.0411. The van der Waals surface area contributed by atoms with Gasteiger partial charge in [-0.3, -0.25) is 4.90 Å². The van der Waals surface area contributed by atoms with Gasteiger partial charge in [-0.25, -0.2) is 0 Å². The lowest BCUT2D eigenvalue weighted by Crippen LogP contribution is -2.65. The third kappa shape index (κ3) is 2.24. The van der Waals surface area contributed by atoms with Crippen molar-refractivity contribution in [3.8, 4) is 0 Å². The van der Waals surface area contributed by atoms with Crippen LogP contribution in [-0.2, 0) is 0 Å². The molecule has 1 atom stereocenters. The smallest absolute Gasteiger partial charge is 0.0354 e. The molecule has 1 N–H and O–H groups in total. The summed E-state index contributed by atoms with van der Waals surface area (Å²) in [7, 11) is 0. The molecular weight excluding hydrogens is 256 g/mol. The summed E-state index contributed by atoms with van der Waals surface area (Å²) in [5, 5.41) is 3.46. The van der Waals surface area contributed by atoms with Gasteiger partial charge in [0.05, 0.1) is 0 Å². The third-order valence-electron chi connectivity index (χ3n) is 6.08. The predicted octanol–water partition coefficient (Wildman–Crippen LogP) is 3.70. The van der Waals surface area contributed by atoms with E-state index in [0.29, 0.717) is 17.4 Å². The summed E-state index contributed by atoms with van der Waals surface area (Å²) in [6.07, 6.45) is 5.59. The summed E-state index contributed by atoms with van der Waals surface area (Å²) < 4.78 is 0. The topological polar surface area (TPSA) is 15.3 Å². The van der Waals surface area contributed by atoms with Crippen LogP contribution in [-0.4, -0.2) is 30.6 Å². The van der Waals surface area contributed by atoms with E-state index in [0.717, 1.165) is 6.04 Å². The Balaban J connectivity index is 1.54. The maximum atomic E-state index is 3.46. The fraction of sp³-hybridized carbons (Fsp3) is 0.684. The fourth-order valence-corrected chi connectivity index (χ4v) is 4.84. The van der Waals surface area contributed by atoms with E-state index in [4.69, 9.17) is 0 Å². The molecule has 2 heteroatoms. The predicted molar refractivity (Wildman–Crippen MR) is 87.5 cm³/mol. The van der Waals surface area contributed by atoms with Crippen LogP contribution in [0.4, 0.5) is 0 Å². The molecule has 114 valence electrons. The molecular formula is C19H28N2. The van der Waals surface area contributed by atoms with E-state index in [1.165, 1.54) is 45.3 Å². The van der Waals surface area contributed by atoms with Crippen LogP contribution < -0.4 is 5.32 Å². The summed E-state index contributed by atoms with van der Waals surface area (Å²) in [4.78, 5) is 2.84. The molecule has 0 bridgehead atoms. The van der Waals surface area contributed by atoms with Crippen LogP contribution in [0.1, 0.15) is 62.6 Å². The van der Waals surface area contributed by atoms with Gasteiger partial charge in [0.2, 0.25) is 0 Å². The number of hydrogen-bond donors (Lipinski definition) is 1. The molecule has 1 aliphatic carbocycles. The van der Waals surface area contributed by atoms with E-state index in [-0.39, 0.29) is 0 Å². The molecule has 1 aromatic rings. The lowest BCUT2D eigenvalue weighted by Gasteiger charge is -2.57. The van der Waals surface area contributed by atoms with Crippen LogP contribution in [0.2, 0.25) is 0 Å². The maximum absolute atomic E-state index is 3.46. The van der Waals surface area contributed by atoms with Crippen LogP contribution in [0.25, 0.3) is 0 Å². The molecule has 3 aliphatic rings. The van der Waals surface area contributed by atoms with Gasteiger partial charge in [-0.2, -0.15) is 0 Å². The lowest BCUT2D eigenvalue weighted by atomic mass is 9.61. The number of hydrogen-bond acceptors (Lipinski definition) is 2. The molecule has 0 amide bonds. The summed E-state index contributed by atoms with van der Waals surface area (Å²) in [5.41, 5.74) is 3.86. The monoisotopic (exact) mass is 284 g/mol. The number of likely N-dealkylation sites (tertiary alicyclic amines) is 1. The number of benzene rings is 1. The minimum Gasteiger partial charge on any atom is -0.316 e. The van der Waals surface area contributed by atoms with Crippen molar-refractivity contribution < 1.29 is 0 Å². The molecule has 0 aromatic heterocycles. The van der Waals surface area contributed by atoms with Crippen LogP contribution >= 0.6 is 0 Å². The molecule has 1 aromatic carbocycles. The van der Waals surface area contributed by atoms with Crippen molar-refractivity contribution in [2.75, 3.05) is 19.6 Å². The normalized spacial score (nSPS) is 28.8. The average molecular weight is 284 g/mol. The van der Waals surface area contributed by atoms with Crippen molar-refractivity contribution in [2.45, 2.75) is 57.5 Å². The highest BCUT2D eigenvalue weighted by atomic mass is 15.2. The highest BCUT2D eigenvalue weighted by molar-refractivity contribution is 5.33. The van der Waals surface area contributed by atoms with Crippen LogP contribution in [0.3, 0.4) is 0 Å². The van der Waals surface area contributed by atoms with E-state index in [2.05, 4.69) is 48.3 Å². The minimum absolute atomic E-state index is 0.632. The summed E-state index contributed by atoms with van der Waals surface area (Å²) in [6, 6.07) is 10.7. The van der Waals surface area contributed by atoms with Gasteiger partial charge in [0.15, 0.2) is 0 Å². The first-order valence-electron chi connectivity index (χ1n) is 8.74. The Morgan fingerprint density at radius 3 is 2.62 bits per heavy atom. The second-order valence-corrected chi connectivity index (χ2v) is 7.85. The van der Waals surface area contributed by atoms with Gasteiger partial charge < -0.3 is 5.32 Å². The second-order valence-electron chi connectivity index (χ2n) is 7.85. The largest absolute Gasteiger partial charge is 0.316 e. The van der Waals surface area contributed by atoms with Crippen molar-refractivity contribution >= 4 is 0 Å². The third-order valence-corrected chi connectivity index (χ3v) is 6.08. The molecule has 2 heterocycles.